The minimum atomic E-state index is -0.583. The molecule has 0 saturated carbocycles. The summed E-state index contributed by atoms with van der Waals surface area (Å²) in [7, 11) is 1.47. The fourth-order valence-electron chi connectivity index (χ4n) is 1.51. The van der Waals surface area contributed by atoms with Gasteiger partial charge in [0.25, 0.3) is 11.7 Å². The van der Waals surface area contributed by atoms with Crippen LogP contribution in [0.15, 0.2) is 24.3 Å². The Kier molecular flexibility index (Phi) is 5.36. The Morgan fingerprint density at radius 3 is 2.56 bits per heavy atom. The third kappa shape index (κ3) is 3.87. The number of carbonyl (C=O) groups is 2. The molecule has 0 aromatic heterocycles. The van der Waals surface area contributed by atoms with Crippen molar-refractivity contribution in [2.45, 2.75) is 20.3 Å². The number of ketones is 1. The molecular weight excluding hydrogens is 230 g/mol. The van der Waals surface area contributed by atoms with Gasteiger partial charge in [0.05, 0.1) is 12.7 Å². The molecule has 98 valence electrons. The molecule has 0 radical (unpaired) electrons. The fourth-order valence-corrected chi connectivity index (χ4v) is 1.51. The van der Waals surface area contributed by atoms with E-state index in [4.69, 9.17) is 4.74 Å². The van der Waals surface area contributed by atoms with E-state index in [0.717, 1.165) is 6.42 Å². The van der Waals surface area contributed by atoms with Crippen LogP contribution in [0.25, 0.3) is 0 Å². The predicted molar refractivity (Wildman–Crippen MR) is 69.8 cm³/mol. The van der Waals surface area contributed by atoms with Gasteiger partial charge in [0.2, 0.25) is 0 Å². The number of para-hydroxylation sites is 1. The molecule has 0 aliphatic rings. The third-order valence-corrected chi connectivity index (χ3v) is 2.57. The van der Waals surface area contributed by atoms with Gasteiger partial charge in [0.1, 0.15) is 5.75 Å². The molecular formula is C14H19NO3. The van der Waals surface area contributed by atoms with Crippen LogP contribution in [0.3, 0.4) is 0 Å². The van der Waals surface area contributed by atoms with Gasteiger partial charge in [-0.2, -0.15) is 0 Å². The number of rotatable bonds is 6. The quantitative estimate of drug-likeness (QED) is 0.620. The second-order valence-corrected chi connectivity index (χ2v) is 4.47. The van der Waals surface area contributed by atoms with E-state index < -0.39 is 11.7 Å². The van der Waals surface area contributed by atoms with Crippen molar-refractivity contribution in [3.8, 4) is 5.75 Å². The molecule has 0 bridgehead atoms. The highest BCUT2D eigenvalue weighted by Crippen LogP contribution is 2.17. The molecule has 0 unspecified atom stereocenters. The summed E-state index contributed by atoms with van der Waals surface area (Å²) in [4.78, 5) is 23.6. The first-order valence-corrected chi connectivity index (χ1v) is 6.01. The van der Waals surface area contributed by atoms with Crippen LogP contribution in [0, 0.1) is 5.92 Å². The maximum Gasteiger partial charge on any atom is 0.292 e. The van der Waals surface area contributed by atoms with E-state index in [2.05, 4.69) is 19.2 Å². The van der Waals surface area contributed by atoms with Crippen molar-refractivity contribution in [2.24, 2.45) is 5.92 Å². The lowest BCUT2D eigenvalue weighted by atomic mass is 10.1. The van der Waals surface area contributed by atoms with Crippen LogP contribution in [-0.2, 0) is 4.79 Å². The van der Waals surface area contributed by atoms with Gasteiger partial charge in [0.15, 0.2) is 0 Å². The van der Waals surface area contributed by atoms with Crippen molar-refractivity contribution in [3.63, 3.8) is 0 Å². The smallest absolute Gasteiger partial charge is 0.292 e. The summed E-state index contributed by atoms with van der Waals surface area (Å²) >= 11 is 0. The highest BCUT2D eigenvalue weighted by Gasteiger charge is 2.19. The summed E-state index contributed by atoms with van der Waals surface area (Å²) in [5, 5.41) is 2.62. The first-order valence-electron chi connectivity index (χ1n) is 6.01. The van der Waals surface area contributed by atoms with E-state index in [-0.39, 0.29) is 0 Å². The van der Waals surface area contributed by atoms with Crippen molar-refractivity contribution < 1.29 is 14.3 Å². The largest absolute Gasteiger partial charge is 0.496 e. The van der Waals surface area contributed by atoms with Crippen LogP contribution < -0.4 is 10.1 Å². The van der Waals surface area contributed by atoms with Crippen molar-refractivity contribution >= 4 is 11.7 Å². The molecule has 0 fully saturated rings. The molecule has 0 aliphatic heterocycles. The average molecular weight is 249 g/mol. The van der Waals surface area contributed by atoms with Crippen molar-refractivity contribution in [3.05, 3.63) is 29.8 Å². The Morgan fingerprint density at radius 1 is 1.28 bits per heavy atom. The molecule has 1 N–H and O–H groups in total. The molecule has 4 heteroatoms. The van der Waals surface area contributed by atoms with Crippen LogP contribution in [0.5, 0.6) is 5.75 Å². The van der Waals surface area contributed by atoms with E-state index in [9.17, 15) is 9.59 Å². The number of ether oxygens (including phenoxy) is 1. The molecule has 0 aliphatic carbocycles. The zero-order valence-electron chi connectivity index (χ0n) is 11.0. The third-order valence-electron chi connectivity index (χ3n) is 2.57. The van der Waals surface area contributed by atoms with Crippen LogP contribution in [0.4, 0.5) is 0 Å². The second kappa shape index (κ2) is 6.79. The summed E-state index contributed by atoms with van der Waals surface area (Å²) in [6.45, 7) is 4.64. The van der Waals surface area contributed by atoms with Gasteiger partial charge in [-0.25, -0.2) is 0 Å². The standard InChI is InChI=1S/C14H19NO3/c1-10(2)8-9-15-14(17)13(16)11-6-4-5-7-12(11)18-3/h4-7,10H,8-9H2,1-3H3,(H,15,17). The number of amides is 1. The van der Waals surface area contributed by atoms with Gasteiger partial charge in [-0.1, -0.05) is 26.0 Å². The molecule has 1 aromatic carbocycles. The first-order chi connectivity index (χ1) is 8.56. The predicted octanol–water partition coefficient (Wildman–Crippen LogP) is 2.04. The molecule has 1 rings (SSSR count). The lowest BCUT2D eigenvalue weighted by Gasteiger charge is -2.08. The fraction of sp³-hybridized carbons (Fsp3) is 0.429. The van der Waals surface area contributed by atoms with Crippen molar-refractivity contribution in [1.29, 1.82) is 0 Å². The molecule has 0 atom stereocenters. The van der Waals surface area contributed by atoms with E-state index in [1.165, 1.54) is 7.11 Å². The summed E-state index contributed by atoms with van der Waals surface area (Å²) in [6, 6.07) is 6.71. The maximum absolute atomic E-state index is 11.9. The molecule has 0 heterocycles. The van der Waals surface area contributed by atoms with E-state index in [0.29, 0.717) is 23.8 Å². The van der Waals surface area contributed by atoms with Gasteiger partial charge in [-0.3, -0.25) is 9.59 Å². The van der Waals surface area contributed by atoms with E-state index in [1.54, 1.807) is 24.3 Å². The zero-order valence-corrected chi connectivity index (χ0v) is 11.0. The maximum atomic E-state index is 11.9. The summed E-state index contributed by atoms with van der Waals surface area (Å²) in [6.07, 6.45) is 0.852. The zero-order chi connectivity index (χ0) is 13.5. The Hall–Kier alpha value is -1.84. The number of hydrogen-bond donors (Lipinski definition) is 1. The van der Waals surface area contributed by atoms with Crippen LogP contribution >= 0.6 is 0 Å². The SMILES string of the molecule is COc1ccccc1C(=O)C(=O)NCCC(C)C. The monoisotopic (exact) mass is 249 g/mol. The van der Waals surface area contributed by atoms with Crippen LogP contribution in [0.1, 0.15) is 30.6 Å². The lowest BCUT2D eigenvalue weighted by Crippen LogP contribution is -2.32. The van der Waals surface area contributed by atoms with Gasteiger partial charge in [0, 0.05) is 6.54 Å². The number of benzene rings is 1. The topological polar surface area (TPSA) is 55.4 Å². The summed E-state index contributed by atoms with van der Waals surface area (Å²) in [5.41, 5.74) is 0.294. The lowest BCUT2D eigenvalue weighted by molar-refractivity contribution is -0.117. The Labute approximate surface area is 107 Å². The number of Topliss-reactive ketones (excluding diaryl/α,β-unsaturated/α-hetero) is 1. The number of hydrogen-bond acceptors (Lipinski definition) is 3. The van der Waals surface area contributed by atoms with Gasteiger partial charge < -0.3 is 10.1 Å². The normalized spacial score (nSPS) is 10.2. The Balaban J connectivity index is 2.66. The second-order valence-electron chi connectivity index (χ2n) is 4.47. The van der Waals surface area contributed by atoms with Gasteiger partial charge in [-0.15, -0.1) is 0 Å². The number of nitrogens with one attached hydrogen (secondary N) is 1. The Morgan fingerprint density at radius 2 is 1.94 bits per heavy atom. The average Bonchev–Trinajstić information content (AvgIpc) is 2.37. The van der Waals surface area contributed by atoms with Gasteiger partial charge >= 0.3 is 0 Å². The summed E-state index contributed by atoms with van der Waals surface area (Å²) < 4.78 is 5.06. The van der Waals surface area contributed by atoms with Crippen molar-refractivity contribution in [1.82, 2.24) is 5.32 Å². The number of carbonyl (C=O) groups excluding carboxylic acids is 2. The molecule has 1 amide bonds. The van der Waals surface area contributed by atoms with Crippen molar-refractivity contribution in [2.75, 3.05) is 13.7 Å². The minimum absolute atomic E-state index is 0.294. The molecule has 4 nitrogen and oxygen atoms in total. The first kappa shape index (κ1) is 14.2. The number of methoxy groups -OCH3 is 1. The Bertz CT molecular complexity index is 427. The molecule has 1 aromatic rings. The minimum Gasteiger partial charge on any atom is -0.496 e. The molecule has 0 spiro atoms. The van der Waals surface area contributed by atoms with Gasteiger partial charge in [-0.05, 0) is 24.5 Å². The highest BCUT2D eigenvalue weighted by atomic mass is 16.5. The van der Waals surface area contributed by atoms with E-state index >= 15 is 0 Å². The highest BCUT2D eigenvalue weighted by molar-refractivity contribution is 6.43. The van der Waals surface area contributed by atoms with Crippen LogP contribution in [-0.4, -0.2) is 25.3 Å². The van der Waals surface area contributed by atoms with Crippen LogP contribution in [0.2, 0.25) is 0 Å². The summed E-state index contributed by atoms with van der Waals surface area (Å²) in [5.74, 6) is -0.232. The molecule has 0 saturated heterocycles. The molecule has 18 heavy (non-hydrogen) atoms. The van der Waals surface area contributed by atoms with E-state index in [1.807, 2.05) is 0 Å².